The predicted octanol–water partition coefficient (Wildman–Crippen LogP) is 2.15. The van der Waals surface area contributed by atoms with Crippen LogP contribution in [0.2, 0.25) is 0 Å². The Morgan fingerprint density at radius 3 is 2.83 bits per heavy atom. The van der Waals surface area contributed by atoms with Crippen molar-refractivity contribution in [2.24, 2.45) is 7.05 Å². The van der Waals surface area contributed by atoms with Crippen LogP contribution in [0.3, 0.4) is 0 Å². The molecule has 1 saturated heterocycles. The van der Waals surface area contributed by atoms with E-state index in [1.807, 2.05) is 58.5 Å². The number of nitrogens with zero attached hydrogens (tertiary/aromatic N) is 6. The Morgan fingerprint density at radius 2 is 2.07 bits per heavy atom. The molecule has 4 rings (SSSR count). The molecule has 29 heavy (non-hydrogen) atoms. The van der Waals surface area contributed by atoms with Crippen LogP contribution < -0.4 is 4.74 Å². The molecule has 8 heteroatoms. The maximum atomic E-state index is 12.7. The average Bonchev–Trinajstić information content (AvgIpc) is 3.38. The Balaban J connectivity index is 1.37. The lowest BCUT2D eigenvalue weighted by Crippen LogP contribution is -2.42. The van der Waals surface area contributed by atoms with E-state index in [4.69, 9.17) is 4.74 Å². The van der Waals surface area contributed by atoms with E-state index in [2.05, 4.69) is 15.2 Å². The fourth-order valence-electron chi connectivity index (χ4n) is 3.70. The topological polar surface area (TPSA) is 78.1 Å². The molecular weight excluding hydrogens is 368 g/mol. The van der Waals surface area contributed by atoms with Crippen LogP contribution in [-0.2, 0) is 18.4 Å². The molecule has 8 nitrogen and oxygen atoms in total. The van der Waals surface area contributed by atoms with Gasteiger partial charge in [-0.3, -0.25) is 4.79 Å². The molecule has 0 spiro atoms. The van der Waals surface area contributed by atoms with Crippen molar-refractivity contribution >= 4 is 5.91 Å². The number of rotatable bonds is 6. The molecule has 1 aliphatic rings. The lowest BCUT2D eigenvalue weighted by atomic mass is 9.97. The molecule has 0 aliphatic carbocycles. The van der Waals surface area contributed by atoms with Crippen LogP contribution in [0, 0.1) is 6.92 Å². The van der Waals surface area contributed by atoms with Crippen molar-refractivity contribution in [3.8, 4) is 5.75 Å². The van der Waals surface area contributed by atoms with E-state index in [0.29, 0.717) is 13.1 Å². The Kier molecular flexibility index (Phi) is 5.59. The van der Waals surface area contributed by atoms with Gasteiger partial charge in [-0.1, -0.05) is 17.7 Å². The minimum absolute atomic E-state index is 0.0103. The summed E-state index contributed by atoms with van der Waals surface area (Å²) in [6, 6.07) is 7.74. The smallest absolute Gasteiger partial charge is 0.260 e. The third-order valence-corrected chi connectivity index (χ3v) is 5.40. The highest BCUT2D eigenvalue weighted by atomic mass is 16.5. The summed E-state index contributed by atoms with van der Waals surface area (Å²) in [6.07, 6.45) is 7.37. The Morgan fingerprint density at radius 1 is 1.24 bits per heavy atom. The van der Waals surface area contributed by atoms with Crippen LogP contribution in [0.25, 0.3) is 0 Å². The van der Waals surface area contributed by atoms with Gasteiger partial charge in [0.25, 0.3) is 5.91 Å². The minimum atomic E-state index is 0.0103. The summed E-state index contributed by atoms with van der Waals surface area (Å²) in [4.78, 5) is 18.6. The highest BCUT2D eigenvalue weighted by molar-refractivity contribution is 5.78. The number of benzene rings is 1. The van der Waals surface area contributed by atoms with Crippen LogP contribution in [0.15, 0.2) is 43.0 Å². The maximum absolute atomic E-state index is 12.7. The number of ether oxygens (including phenoxy) is 1. The van der Waals surface area contributed by atoms with Crippen molar-refractivity contribution in [1.29, 1.82) is 0 Å². The zero-order valence-electron chi connectivity index (χ0n) is 16.9. The molecule has 1 atom stereocenters. The molecule has 2 aromatic heterocycles. The van der Waals surface area contributed by atoms with Gasteiger partial charge in [0.15, 0.2) is 12.4 Å². The van der Waals surface area contributed by atoms with Gasteiger partial charge in [0.05, 0.1) is 12.9 Å². The van der Waals surface area contributed by atoms with Crippen LogP contribution in [0.5, 0.6) is 5.75 Å². The molecule has 1 aromatic carbocycles. The van der Waals surface area contributed by atoms with Crippen molar-refractivity contribution in [1.82, 2.24) is 29.2 Å². The lowest BCUT2D eigenvalue weighted by molar-refractivity contribution is -0.134. The zero-order valence-corrected chi connectivity index (χ0v) is 16.9. The number of hydrogen-bond donors (Lipinski definition) is 0. The highest BCUT2D eigenvalue weighted by Gasteiger charge is 2.28. The van der Waals surface area contributed by atoms with Gasteiger partial charge in [-0.15, -0.1) is 10.2 Å². The molecule has 1 fully saturated rings. The molecule has 3 aromatic rings. The van der Waals surface area contributed by atoms with Gasteiger partial charge in [0, 0.05) is 38.4 Å². The van der Waals surface area contributed by atoms with Crippen molar-refractivity contribution < 1.29 is 9.53 Å². The van der Waals surface area contributed by atoms with Crippen molar-refractivity contribution in [2.75, 3.05) is 19.7 Å². The Hall–Kier alpha value is -3.16. The molecule has 0 N–H and O–H groups in total. The van der Waals surface area contributed by atoms with Gasteiger partial charge in [-0.05, 0) is 31.9 Å². The van der Waals surface area contributed by atoms with Gasteiger partial charge in [0.1, 0.15) is 11.6 Å². The summed E-state index contributed by atoms with van der Waals surface area (Å²) < 4.78 is 9.68. The third kappa shape index (κ3) is 4.47. The van der Waals surface area contributed by atoms with Crippen LogP contribution in [0.1, 0.15) is 36.0 Å². The van der Waals surface area contributed by atoms with E-state index in [9.17, 15) is 4.79 Å². The number of amides is 1. The monoisotopic (exact) mass is 394 g/mol. The largest absolute Gasteiger partial charge is 0.484 e. The molecule has 0 radical (unpaired) electrons. The summed E-state index contributed by atoms with van der Waals surface area (Å²) in [5.74, 6) is 2.72. The van der Waals surface area contributed by atoms with Crippen LogP contribution >= 0.6 is 0 Å². The SMILES string of the molecule is Cc1ccc(OCC(=O)N2CCC[C@H](c3nnc(Cn4ccnc4)n3C)C2)cc1. The predicted molar refractivity (Wildman–Crippen MR) is 108 cm³/mol. The first-order valence-electron chi connectivity index (χ1n) is 9.91. The lowest BCUT2D eigenvalue weighted by Gasteiger charge is -2.32. The van der Waals surface area contributed by atoms with E-state index >= 15 is 0 Å². The van der Waals surface area contributed by atoms with Gasteiger partial charge >= 0.3 is 0 Å². The van der Waals surface area contributed by atoms with E-state index in [1.165, 1.54) is 5.56 Å². The third-order valence-electron chi connectivity index (χ3n) is 5.40. The molecule has 0 unspecified atom stereocenters. The number of piperidine rings is 1. The summed E-state index contributed by atoms with van der Waals surface area (Å²) in [6.45, 7) is 4.11. The van der Waals surface area contributed by atoms with Crippen molar-refractivity contribution in [3.63, 3.8) is 0 Å². The Bertz CT molecular complexity index is 948. The molecule has 0 bridgehead atoms. The van der Waals surface area contributed by atoms with Gasteiger partial charge in [-0.2, -0.15) is 0 Å². The number of likely N-dealkylation sites (tertiary alicyclic amines) is 1. The van der Waals surface area contributed by atoms with E-state index in [0.717, 1.165) is 36.8 Å². The molecule has 1 amide bonds. The first-order valence-corrected chi connectivity index (χ1v) is 9.91. The standard InChI is InChI=1S/C21H26N6O2/c1-16-5-7-18(8-6-16)29-14-20(28)27-10-3-4-17(12-27)21-24-23-19(25(21)2)13-26-11-9-22-15-26/h5-9,11,15,17H,3-4,10,12-14H2,1-2H3/t17-/m0/s1. The minimum Gasteiger partial charge on any atom is -0.484 e. The maximum Gasteiger partial charge on any atom is 0.260 e. The normalized spacial score (nSPS) is 16.8. The molecule has 3 heterocycles. The van der Waals surface area contributed by atoms with E-state index in [-0.39, 0.29) is 18.4 Å². The number of aromatic nitrogens is 5. The first kappa shape index (κ1) is 19.2. The number of hydrogen-bond acceptors (Lipinski definition) is 5. The first-order chi connectivity index (χ1) is 14.1. The second-order valence-corrected chi connectivity index (χ2v) is 7.55. The molecular formula is C21H26N6O2. The quantitative estimate of drug-likeness (QED) is 0.640. The summed E-state index contributed by atoms with van der Waals surface area (Å²) >= 11 is 0. The van der Waals surface area contributed by atoms with Gasteiger partial charge in [0.2, 0.25) is 0 Å². The van der Waals surface area contributed by atoms with E-state index < -0.39 is 0 Å². The fourth-order valence-corrected chi connectivity index (χ4v) is 3.70. The average molecular weight is 394 g/mol. The summed E-state index contributed by atoms with van der Waals surface area (Å²) in [7, 11) is 1.99. The fraction of sp³-hybridized carbons (Fsp3) is 0.429. The number of imidazole rings is 1. The molecule has 0 saturated carbocycles. The molecule has 152 valence electrons. The van der Waals surface area contributed by atoms with E-state index in [1.54, 1.807) is 12.5 Å². The summed E-state index contributed by atoms with van der Waals surface area (Å²) in [5.41, 5.74) is 1.17. The van der Waals surface area contributed by atoms with Gasteiger partial charge in [-0.25, -0.2) is 4.98 Å². The van der Waals surface area contributed by atoms with Crippen molar-refractivity contribution in [2.45, 2.75) is 32.2 Å². The van der Waals surface area contributed by atoms with Crippen LogP contribution in [-0.4, -0.2) is 54.8 Å². The second-order valence-electron chi connectivity index (χ2n) is 7.55. The summed E-state index contributed by atoms with van der Waals surface area (Å²) in [5, 5.41) is 8.78. The number of aryl methyl sites for hydroxylation is 1. The number of carbonyl (C=O) groups is 1. The second kappa shape index (κ2) is 8.46. The zero-order chi connectivity index (χ0) is 20.2. The molecule has 1 aliphatic heterocycles. The van der Waals surface area contributed by atoms with Crippen molar-refractivity contribution in [3.05, 3.63) is 60.2 Å². The van der Waals surface area contributed by atoms with Crippen LogP contribution in [0.4, 0.5) is 0 Å². The Labute approximate surface area is 170 Å². The van der Waals surface area contributed by atoms with Gasteiger partial charge < -0.3 is 18.8 Å². The number of carbonyl (C=O) groups excluding carboxylic acids is 1. The highest BCUT2D eigenvalue weighted by Crippen LogP contribution is 2.26.